The number of piperidine rings is 1. The summed E-state index contributed by atoms with van der Waals surface area (Å²) < 4.78 is 0. The van der Waals surface area contributed by atoms with Gasteiger partial charge in [0.25, 0.3) is 5.91 Å². The average Bonchev–Trinajstić information content (AvgIpc) is 3.17. The Hall–Kier alpha value is -3.15. The number of carbonyl (C=O) groups is 2. The van der Waals surface area contributed by atoms with Gasteiger partial charge in [-0.15, -0.1) is 0 Å². The number of carboxylic acid groups (broad SMARTS) is 1. The first-order valence-electron chi connectivity index (χ1n) is 9.66. The lowest BCUT2D eigenvalue weighted by atomic mass is 9.88. The minimum Gasteiger partial charge on any atom is -0.477 e. The summed E-state index contributed by atoms with van der Waals surface area (Å²) in [5.41, 5.74) is 4.14. The Morgan fingerprint density at radius 3 is 2.75 bits per heavy atom. The molecule has 6 heteroatoms. The normalized spacial score (nSPS) is 15.1. The first kappa shape index (κ1) is 18.2. The molecule has 1 aromatic carbocycles. The van der Waals surface area contributed by atoms with Gasteiger partial charge in [-0.1, -0.05) is 25.1 Å². The van der Waals surface area contributed by atoms with Gasteiger partial charge >= 0.3 is 5.97 Å². The molecule has 2 aromatic heterocycles. The van der Waals surface area contributed by atoms with Crippen molar-refractivity contribution in [3.05, 3.63) is 65.1 Å². The number of pyridine rings is 1. The number of carbonyl (C=O) groups excluding carboxylic acids is 1. The minimum absolute atomic E-state index is 0.105. The number of carboxylic acids is 1. The molecule has 1 fully saturated rings. The molecule has 28 heavy (non-hydrogen) atoms. The van der Waals surface area contributed by atoms with Gasteiger partial charge in [-0.3, -0.25) is 4.79 Å². The maximum atomic E-state index is 12.8. The summed E-state index contributed by atoms with van der Waals surface area (Å²) in [5, 5.41) is 10.4. The van der Waals surface area contributed by atoms with Crippen LogP contribution in [-0.2, 0) is 6.42 Å². The number of aromatic carboxylic acids is 1. The number of fused-ring (bicyclic) bond motifs is 1. The van der Waals surface area contributed by atoms with Crippen molar-refractivity contribution >= 4 is 22.8 Å². The molecule has 0 saturated carbocycles. The van der Waals surface area contributed by atoms with Gasteiger partial charge in [-0.25, -0.2) is 9.78 Å². The fourth-order valence-corrected chi connectivity index (χ4v) is 4.13. The van der Waals surface area contributed by atoms with Gasteiger partial charge in [0.15, 0.2) is 0 Å². The molecule has 0 spiro atoms. The first-order valence-corrected chi connectivity index (χ1v) is 9.66. The zero-order chi connectivity index (χ0) is 19.7. The van der Waals surface area contributed by atoms with Crippen LogP contribution < -0.4 is 0 Å². The molecular formula is C22H23N3O3. The number of likely N-dealkylation sites (tertiary alicyclic amines) is 1. The van der Waals surface area contributed by atoms with Crippen LogP contribution >= 0.6 is 0 Å². The van der Waals surface area contributed by atoms with E-state index in [0.717, 1.165) is 19.3 Å². The second-order valence-electron chi connectivity index (χ2n) is 7.24. The van der Waals surface area contributed by atoms with Crippen LogP contribution in [0.4, 0.5) is 0 Å². The maximum Gasteiger partial charge on any atom is 0.354 e. The number of nitrogens with one attached hydrogen (secondary N) is 1. The lowest BCUT2D eigenvalue weighted by molar-refractivity contribution is 0.0690. The largest absolute Gasteiger partial charge is 0.477 e. The Balaban J connectivity index is 1.49. The van der Waals surface area contributed by atoms with Crippen LogP contribution in [0.3, 0.4) is 0 Å². The highest BCUT2D eigenvalue weighted by atomic mass is 16.4. The summed E-state index contributed by atoms with van der Waals surface area (Å²) in [5.74, 6) is -0.841. The summed E-state index contributed by atoms with van der Waals surface area (Å²) >= 11 is 0. The van der Waals surface area contributed by atoms with Gasteiger partial charge in [-0.05, 0) is 48.4 Å². The van der Waals surface area contributed by atoms with Crippen LogP contribution in [0.1, 0.15) is 57.7 Å². The van der Waals surface area contributed by atoms with Crippen LogP contribution in [0.15, 0.2) is 42.7 Å². The zero-order valence-electron chi connectivity index (χ0n) is 15.8. The standard InChI is InChI=1S/C22H23N3O3/c1-2-14-4-3-5-17-18(13-24-20(14)17)15-7-10-25(11-8-15)21(26)16-6-9-23-19(12-16)22(27)28/h3-6,9,12-13,15,24H,2,7-8,10-11H2,1H3,(H,27,28). The van der Waals surface area contributed by atoms with E-state index in [1.165, 1.54) is 34.3 Å². The molecule has 4 rings (SSSR count). The van der Waals surface area contributed by atoms with Crippen molar-refractivity contribution in [3.63, 3.8) is 0 Å². The van der Waals surface area contributed by atoms with Crippen LogP contribution in [0.5, 0.6) is 0 Å². The number of hydrogen-bond acceptors (Lipinski definition) is 3. The number of amides is 1. The van der Waals surface area contributed by atoms with Crippen LogP contribution in [-0.4, -0.2) is 44.9 Å². The fraction of sp³-hybridized carbons (Fsp3) is 0.318. The summed E-state index contributed by atoms with van der Waals surface area (Å²) in [6.07, 6.45) is 6.28. The second-order valence-corrected chi connectivity index (χ2v) is 7.24. The zero-order valence-corrected chi connectivity index (χ0v) is 15.8. The van der Waals surface area contributed by atoms with E-state index in [0.29, 0.717) is 24.6 Å². The number of nitrogens with zero attached hydrogens (tertiary/aromatic N) is 2. The Morgan fingerprint density at radius 2 is 2.04 bits per heavy atom. The van der Waals surface area contributed by atoms with E-state index in [-0.39, 0.29) is 11.6 Å². The van der Waals surface area contributed by atoms with Crippen molar-refractivity contribution < 1.29 is 14.7 Å². The van der Waals surface area contributed by atoms with Gasteiger partial charge in [0, 0.05) is 41.9 Å². The maximum absolute atomic E-state index is 12.8. The third kappa shape index (κ3) is 3.26. The topological polar surface area (TPSA) is 86.3 Å². The van der Waals surface area contributed by atoms with Gasteiger partial charge in [0.2, 0.25) is 0 Å². The number of benzene rings is 1. The van der Waals surface area contributed by atoms with Crippen molar-refractivity contribution in [2.45, 2.75) is 32.1 Å². The second kappa shape index (κ2) is 7.46. The molecule has 0 atom stereocenters. The Bertz CT molecular complexity index is 1030. The number of aryl methyl sites for hydroxylation is 1. The molecule has 6 nitrogen and oxygen atoms in total. The van der Waals surface area contributed by atoms with Gasteiger partial charge in [0.1, 0.15) is 5.69 Å². The van der Waals surface area contributed by atoms with E-state index in [4.69, 9.17) is 5.11 Å². The number of hydrogen-bond donors (Lipinski definition) is 2. The predicted octanol–water partition coefficient (Wildman–Crippen LogP) is 3.84. The molecule has 3 aromatic rings. The van der Waals surface area contributed by atoms with Crippen molar-refractivity contribution in [1.29, 1.82) is 0 Å². The Kier molecular flexibility index (Phi) is 4.86. The molecule has 1 aliphatic heterocycles. The Labute approximate surface area is 163 Å². The summed E-state index contributed by atoms with van der Waals surface area (Å²) in [6.45, 7) is 3.48. The highest BCUT2D eigenvalue weighted by molar-refractivity contribution is 5.96. The summed E-state index contributed by atoms with van der Waals surface area (Å²) in [7, 11) is 0. The molecule has 1 amide bonds. The van der Waals surface area contributed by atoms with E-state index < -0.39 is 5.97 Å². The minimum atomic E-state index is -1.13. The highest BCUT2D eigenvalue weighted by Crippen LogP contribution is 2.34. The third-order valence-electron chi connectivity index (χ3n) is 5.66. The molecule has 0 unspecified atom stereocenters. The van der Waals surface area contributed by atoms with Crippen molar-refractivity contribution in [2.24, 2.45) is 0 Å². The van der Waals surface area contributed by atoms with Crippen molar-refractivity contribution in [1.82, 2.24) is 14.9 Å². The Morgan fingerprint density at radius 1 is 1.25 bits per heavy atom. The lowest BCUT2D eigenvalue weighted by Crippen LogP contribution is -2.38. The monoisotopic (exact) mass is 377 g/mol. The van der Waals surface area contributed by atoms with Crippen molar-refractivity contribution in [3.8, 4) is 0 Å². The highest BCUT2D eigenvalue weighted by Gasteiger charge is 2.26. The average molecular weight is 377 g/mol. The lowest BCUT2D eigenvalue weighted by Gasteiger charge is -2.32. The number of para-hydroxylation sites is 1. The van der Waals surface area contributed by atoms with E-state index in [9.17, 15) is 9.59 Å². The van der Waals surface area contributed by atoms with E-state index >= 15 is 0 Å². The third-order valence-corrected chi connectivity index (χ3v) is 5.66. The van der Waals surface area contributed by atoms with Crippen LogP contribution in [0, 0.1) is 0 Å². The number of rotatable bonds is 4. The first-order chi connectivity index (χ1) is 13.6. The molecule has 0 aliphatic carbocycles. The number of H-pyrrole nitrogens is 1. The predicted molar refractivity (Wildman–Crippen MR) is 107 cm³/mol. The number of aromatic amines is 1. The summed E-state index contributed by atoms with van der Waals surface area (Å²) in [6, 6.07) is 9.36. The molecule has 1 aliphatic rings. The summed E-state index contributed by atoms with van der Waals surface area (Å²) in [4.78, 5) is 32.9. The molecule has 2 N–H and O–H groups in total. The van der Waals surface area contributed by atoms with E-state index in [1.807, 2.05) is 4.90 Å². The molecular weight excluding hydrogens is 354 g/mol. The molecule has 1 saturated heterocycles. The smallest absolute Gasteiger partial charge is 0.354 e. The number of aromatic nitrogens is 2. The van der Waals surface area contributed by atoms with Crippen LogP contribution in [0.2, 0.25) is 0 Å². The van der Waals surface area contributed by atoms with Gasteiger partial charge < -0.3 is 15.0 Å². The molecule has 3 heterocycles. The van der Waals surface area contributed by atoms with E-state index in [2.05, 4.69) is 41.3 Å². The van der Waals surface area contributed by atoms with Crippen molar-refractivity contribution in [2.75, 3.05) is 13.1 Å². The van der Waals surface area contributed by atoms with Gasteiger partial charge in [0.05, 0.1) is 0 Å². The van der Waals surface area contributed by atoms with Crippen LogP contribution in [0.25, 0.3) is 10.9 Å². The van der Waals surface area contributed by atoms with Gasteiger partial charge in [-0.2, -0.15) is 0 Å². The SMILES string of the molecule is CCc1cccc2c(C3CCN(C(=O)c4ccnc(C(=O)O)c4)CC3)c[nH]c12. The molecule has 144 valence electrons. The quantitative estimate of drug-likeness (QED) is 0.723. The molecule has 0 radical (unpaired) electrons. The molecule has 0 bridgehead atoms. The van der Waals surface area contributed by atoms with E-state index in [1.54, 1.807) is 6.07 Å². The fourth-order valence-electron chi connectivity index (χ4n) is 4.13.